The van der Waals surface area contributed by atoms with Gasteiger partial charge in [0.15, 0.2) is 0 Å². The number of nitro benzene ring substituents is 1. The summed E-state index contributed by atoms with van der Waals surface area (Å²) >= 11 is 0. The summed E-state index contributed by atoms with van der Waals surface area (Å²) in [5.74, 6) is 0.122. The molecule has 8 nitrogen and oxygen atoms in total. The summed E-state index contributed by atoms with van der Waals surface area (Å²) in [6, 6.07) is 4.03. The number of benzene rings is 1. The number of nitro groups is 1. The van der Waals surface area contributed by atoms with Gasteiger partial charge in [0.25, 0.3) is 11.6 Å². The first-order valence-corrected chi connectivity index (χ1v) is 5.91. The van der Waals surface area contributed by atoms with Crippen LogP contribution in [-0.4, -0.2) is 26.0 Å². The van der Waals surface area contributed by atoms with E-state index in [0.29, 0.717) is 11.4 Å². The molecule has 2 rings (SSSR count). The number of nitrogens with zero attached hydrogens (tertiary/aromatic N) is 3. The maximum atomic E-state index is 12.2. The van der Waals surface area contributed by atoms with Crippen LogP contribution < -0.4 is 5.32 Å². The van der Waals surface area contributed by atoms with E-state index in [2.05, 4.69) is 20.5 Å². The fourth-order valence-corrected chi connectivity index (χ4v) is 1.83. The lowest BCUT2D eigenvalue weighted by atomic mass is 10.1. The fraction of sp³-hybridized carbons (Fsp3) is 0.250. The minimum absolute atomic E-state index is 0.0787. The van der Waals surface area contributed by atoms with E-state index in [-0.39, 0.29) is 17.3 Å². The van der Waals surface area contributed by atoms with Crippen molar-refractivity contribution < 1.29 is 9.72 Å². The zero-order chi connectivity index (χ0) is 14.7. The molecule has 0 aliphatic carbocycles. The van der Waals surface area contributed by atoms with Crippen molar-refractivity contribution in [3.8, 4) is 0 Å². The Morgan fingerprint density at radius 1 is 1.50 bits per heavy atom. The first-order valence-electron chi connectivity index (χ1n) is 5.91. The SMILES string of the molecule is Cc1c(C(=O)NC(C)c2ncn[nH]2)cccc1[N+](=O)[O-]. The van der Waals surface area contributed by atoms with Gasteiger partial charge in [-0.15, -0.1) is 0 Å². The van der Waals surface area contributed by atoms with Crippen molar-refractivity contribution >= 4 is 11.6 Å². The summed E-state index contributed by atoms with van der Waals surface area (Å²) in [5, 5.41) is 19.9. The van der Waals surface area contributed by atoms with Gasteiger partial charge in [0, 0.05) is 17.2 Å². The fourth-order valence-electron chi connectivity index (χ4n) is 1.83. The standard InChI is InChI=1S/C12H13N5O3/c1-7-9(4-3-5-10(7)17(19)20)12(18)15-8(2)11-13-6-14-16-11/h3-6,8H,1-2H3,(H,15,18)(H,13,14,16). The van der Waals surface area contributed by atoms with E-state index in [4.69, 9.17) is 0 Å². The number of carbonyl (C=O) groups excluding carboxylic acids is 1. The van der Waals surface area contributed by atoms with Crippen LogP contribution in [0.4, 0.5) is 5.69 Å². The third-order valence-corrected chi connectivity index (χ3v) is 2.94. The Bertz CT molecular complexity index is 639. The van der Waals surface area contributed by atoms with Gasteiger partial charge in [-0.3, -0.25) is 20.0 Å². The molecule has 1 aromatic carbocycles. The Balaban J connectivity index is 2.22. The number of H-pyrrole nitrogens is 1. The molecule has 0 saturated carbocycles. The quantitative estimate of drug-likeness (QED) is 0.648. The zero-order valence-corrected chi connectivity index (χ0v) is 11.0. The highest BCUT2D eigenvalue weighted by molar-refractivity contribution is 5.96. The van der Waals surface area contributed by atoms with E-state index in [1.807, 2.05) is 0 Å². The monoisotopic (exact) mass is 275 g/mol. The molecule has 0 saturated heterocycles. The number of aromatic nitrogens is 3. The molecule has 0 radical (unpaired) electrons. The number of amides is 1. The summed E-state index contributed by atoms with van der Waals surface area (Å²) in [6.45, 7) is 3.29. The van der Waals surface area contributed by atoms with Crippen LogP contribution in [0, 0.1) is 17.0 Å². The third-order valence-electron chi connectivity index (χ3n) is 2.94. The van der Waals surface area contributed by atoms with E-state index in [1.165, 1.54) is 18.5 Å². The van der Waals surface area contributed by atoms with Crippen LogP contribution in [-0.2, 0) is 0 Å². The Labute approximate surface area is 114 Å². The van der Waals surface area contributed by atoms with Gasteiger partial charge in [-0.1, -0.05) is 6.07 Å². The van der Waals surface area contributed by atoms with Crippen LogP contribution in [0.25, 0.3) is 0 Å². The first kappa shape index (κ1) is 13.7. The summed E-state index contributed by atoms with van der Waals surface area (Å²) in [7, 11) is 0. The molecular formula is C12H13N5O3. The molecule has 2 N–H and O–H groups in total. The molecule has 1 unspecified atom stereocenters. The molecule has 104 valence electrons. The Morgan fingerprint density at radius 2 is 2.25 bits per heavy atom. The molecule has 0 aliphatic heterocycles. The number of carbonyl (C=O) groups is 1. The number of hydrogen-bond acceptors (Lipinski definition) is 5. The second-order valence-electron chi connectivity index (χ2n) is 4.27. The Hall–Kier alpha value is -2.77. The summed E-state index contributed by atoms with van der Waals surface area (Å²) in [4.78, 5) is 26.4. The Morgan fingerprint density at radius 3 is 2.85 bits per heavy atom. The minimum atomic E-state index is -0.508. The summed E-state index contributed by atoms with van der Waals surface area (Å²) in [5.41, 5.74) is 0.523. The van der Waals surface area contributed by atoms with Crippen molar-refractivity contribution in [1.82, 2.24) is 20.5 Å². The van der Waals surface area contributed by atoms with Gasteiger partial charge < -0.3 is 5.32 Å². The topological polar surface area (TPSA) is 114 Å². The van der Waals surface area contributed by atoms with Gasteiger partial charge >= 0.3 is 0 Å². The molecule has 2 aromatic rings. The normalized spacial score (nSPS) is 11.9. The van der Waals surface area contributed by atoms with Crippen molar-refractivity contribution in [2.24, 2.45) is 0 Å². The average Bonchev–Trinajstić information content (AvgIpc) is 2.92. The van der Waals surface area contributed by atoms with Gasteiger partial charge in [-0.05, 0) is 19.9 Å². The molecule has 20 heavy (non-hydrogen) atoms. The van der Waals surface area contributed by atoms with Crippen LogP contribution in [0.5, 0.6) is 0 Å². The van der Waals surface area contributed by atoms with Crippen molar-refractivity contribution in [3.63, 3.8) is 0 Å². The van der Waals surface area contributed by atoms with Crippen molar-refractivity contribution in [3.05, 3.63) is 51.6 Å². The van der Waals surface area contributed by atoms with E-state index in [9.17, 15) is 14.9 Å². The zero-order valence-electron chi connectivity index (χ0n) is 11.0. The van der Waals surface area contributed by atoms with Crippen molar-refractivity contribution in [2.75, 3.05) is 0 Å². The van der Waals surface area contributed by atoms with Crippen molar-refractivity contribution in [2.45, 2.75) is 19.9 Å². The minimum Gasteiger partial charge on any atom is -0.342 e. The lowest BCUT2D eigenvalue weighted by molar-refractivity contribution is -0.385. The van der Waals surface area contributed by atoms with E-state index in [0.717, 1.165) is 0 Å². The predicted molar refractivity (Wildman–Crippen MR) is 70.1 cm³/mol. The molecule has 0 spiro atoms. The molecular weight excluding hydrogens is 262 g/mol. The molecule has 1 atom stereocenters. The van der Waals surface area contributed by atoms with Crippen LogP contribution >= 0.6 is 0 Å². The lowest BCUT2D eigenvalue weighted by Crippen LogP contribution is -2.28. The molecule has 1 amide bonds. The molecule has 8 heteroatoms. The van der Waals surface area contributed by atoms with Gasteiger partial charge in [0.05, 0.1) is 11.0 Å². The van der Waals surface area contributed by atoms with Crippen molar-refractivity contribution in [1.29, 1.82) is 0 Å². The maximum absolute atomic E-state index is 12.2. The van der Waals surface area contributed by atoms with Gasteiger partial charge in [0.2, 0.25) is 0 Å². The van der Waals surface area contributed by atoms with E-state index < -0.39 is 10.8 Å². The van der Waals surface area contributed by atoms with Crippen LogP contribution in [0.3, 0.4) is 0 Å². The van der Waals surface area contributed by atoms with Crippen LogP contribution in [0.2, 0.25) is 0 Å². The summed E-state index contributed by atoms with van der Waals surface area (Å²) in [6.07, 6.45) is 1.34. The highest BCUT2D eigenvalue weighted by Gasteiger charge is 2.20. The Kier molecular flexibility index (Phi) is 3.74. The largest absolute Gasteiger partial charge is 0.342 e. The van der Waals surface area contributed by atoms with E-state index in [1.54, 1.807) is 19.9 Å². The number of aromatic amines is 1. The number of nitrogens with one attached hydrogen (secondary N) is 2. The molecule has 0 aliphatic rings. The smallest absolute Gasteiger partial charge is 0.273 e. The highest BCUT2D eigenvalue weighted by Crippen LogP contribution is 2.21. The van der Waals surface area contributed by atoms with Crippen LogP contribution in [0.15, 0.2) is 24.5 Å². The number of hydrogen-bond donors (Lipinski definition) is 2. The van der Waals surface area contributed by atoms with E-state index >= 15 is 0 Å². The van der Waals surface area contributed by atoms with Gasteiger partial charge in [0.1, 0.15) is 12.2 Å². The second-order valence-corrected chi connectivity index (χ2v) is 4.27. The van der Waals surface area contributed by atoms with Gasteiger partial charge in [-0.2, -0.15) is 5.10 Å². The highest BCUT2D eigenvalue weighted by atomic mass is 16.6. The average molecular weight is 275 g/mol. The third kappa shape index (κ3) is 2.63. The predicted octanol–water partition coefficient (Wildman–Crippen LogP) is 1.51. The molecule has 1 aromatic heterocycles. The maximum Gasteiger partial charge on any atom is 0.273 e. The first-order chi connectivity index (χ1) is 9.50. The van der Waals surface area contributed by atoms with Gasteiger partial charge in [-0.25, -0.2) is 4.98 Å². The molecule has 0 fully saturated rings. The number of rotatable bonds is 4. The second kappa shape index (κ2) is 5.47. The summed E-state index contributed by atoms with van der Waals surface area (Å²) < 4.78 is 0. The molecule has 0 bridgehead atoms. The van der Waals surface area contributed by atoms with Crippen LogP contribution in [0.1, 0.15) is 34.7 Å². The molecule has 1 heterocycles. The lowest BCUT2D eigenvalue weighted by Gasteiger charge is -2.12.